The van der Waals surface area contributed by atoms with E-state index in [-0.39, 0.29) is 36.8 Å². The van der Waals surface area contributed by atoms with Crippen LogP contribution in [-0.4, -0.2) is 59.8 Å². The van der Waals surface area contributed by atoms with E-state index >= 15 is 0 Å². The molecule has 2 aliphatic rings. The van der Waals surface area contributed by atoms with Crippen LogP contribution in [-0.2, 0) is 16.0 Å². The zero-order valence-corrected chi connectivity index (χ0v) is 16.1. The molecule has 0 radical (unpaired) electrons. The van der Waals surface area contributed by atoms with E-state index in [2.05, 4.69) is 22.1 Å². The van der Waals surface area contributed by atoms with Gasteiger partial charge in [-0.05, 0) is 43.3 Å². The molecule has 1 saturated carbocycles. The minimum Gasteiger partial charge on any atom is -0.480 e. The van der Waals surface area contributed by atoms with Crippen molar-refractivity contribution in [3.8, 4) is 0 Å². The van der Waals surface area contributed by atoms with Crippen LogP contribution in [0.25, 0.3) is 0 Å². The molecule has 2 unspecified atom stereocenters. The first-order valence-electron chi connectivity index (χ1n) is 9.18. The van der Waals surface area contributed by atoms with Gasteiger partial charge in [0.25, 0.3) is 0 Å². The number of carbonyl (C=O) groups is 2. The number of hydrogen-bond acceptors (Lipinski definition) is 5. The lowest BCUT2D eigenvalue weighted by molar-refractivity contribution is -0.139. The largest absolute Gasteiger partial charge is 0.480 e. The predicted octanol–water partition coefficient (Wildman–Crippen LogP) is 1.99. The third-order valence-corrected chi connectivity index (χ3v) is 6.23. The molecule has 3 rings (SSSR count). The number of fused-ring (bicyclic) bond motifs is 1. The molecular weight excluding hydrogens is 354 g/mol. The number of rotatable bonds is 7. The highest BCUT2D eigenvalue weighted by Gasteiger charge is 2.35. The SMILES string of the molecule is CCN(CC(=O)O)C1CC(NC(=O)NC(C)C2OCCc3sccc32)C1. The highest BCUT2D eigenvalue weighted by molar-refractivity contribution is 7.10. The van der Waals surface area contributed by atoms with Crippen LogP contribution < -0.4 is 10.6 Å². The summed E-state index contributed by atoms with van der Waals surface area (Å²) in [6, 6.07) is 2.11. The maximum atomic E-state index is 12.3. The van der Waals surface area contributed by atoms with Crippen molar-refractivity contribution in [1.82, 2.24) is 15.5 Å². The fourth-order valence-corrected chi connectivity index (χ4v) is 4.68. The van der Waals surface area contributed by atoms with Gasteiger partial charge in [0.05, 0.1) is 19.2 Å². The summed E-state index contributed by atoms with van der Waals surface area (Å²) in [6.45, 7) is 5.37. The van der Waals surface area contributed by atoms with Crippen molar-refractivity contribution in [3.05, 3.63) is 21.9 Å². The Balaban J connectivity index is 1.44. The molecule has 2 atom stereocenters. The molecular formula is C18H27N3O4S. The van der Waals surface area contributed by atoms with Gasteiger partial charge in [0.15, 0.2) is 0 Å². The lowest BCUT2D eigenvalue weighted by atomic mass is 9.85. The summed E-state index contributed by atoms with van der Waals surface area (Å²) in [6.07, 6.45) is 2.42. The lowest BCUT2D eigenvalue weighted by Crippen LogP contribution is -2.57. The number of nitrogens with one attached hydrogen (secondary N) is 2. The lowest BCUT2D eigenvalue weighted by Gasteiger charge is -2.42. The van der Waals surface area contributed by atoms with Crippen LogP contribution in [0.3, 0.4) is 0 Å². The molecule has 2 amide bonds. The Kier molecular flexibility index (Phi) is 6.16. The fourth-order valence-electron chi connectivity index (χ4n) is 3.78. The molecule has 0 bridgehead atoms. The number of amides is 2. The minimum atomic E-state index is -0.810. The van der Waals surface area contributed by atoms with Crippen LogP contribution in [0.1, 0.15) is 43.2 Å². The normalized spacial score (nSPS) is 25.9. The molecule has 0 aromatic carbocycles. The van der Waals surface area contributed by atoms with Crippen LogP contribution in [0, 0.1) is 0 Å². The average molecular weight is 381 g/mol. The second-order valence-electron chi connectivity index (χ2n) is 7.03. The number of nitrogens with zero attached hydrogens (tertiary/aromatic N) is 1. The van der Waals surface area contributed by atoms with E-state index in [1.54, 1.807) is 11.3 Å². The number of urea groups is 1. The van der Waals surface area contributed by atoms with Crippen LogP contribution in [0.4, 0.5) is 4.79 Å². The Hall–Kier alpha value is -1.64. The van der Waals surface area contributed by atoms with Gasteiger partial charge in [-0.15, -0.1) is 11.3 Å². The summed E-state index contributed by atoms with van der Waals surface area (Å²) in [5.41, 5.74) is 1.19. The predicted molar refractivity (Wildman–Crippen MR) is 99.5 cm³/mol. The van der Waals surface area contributed by atoms with Crippen LogP contribution >= 0.6 is 11.3 Å². The molecule has 0 spiro atoms. The number of thiophene rings is 1. The maximum absolute atomic E-state index is 12.3. The van der Waals surface area contributed by atoms with Crippen molar-refractivity contribution in [1.29, 1.82) is 0 Å². The molecule has 2 heterocycles. The highest BCUT2D eigenvalue weighted by atomic mass is 32.1. The Labute approximate surface area is 157 Å². The summed E-state index contributed by atoms with van der Waals surface area (Å²) in [5, 5.41) is 17.0. The van der Waals surface area contributed by atoms with Crippen LogP contribution in [0.15, 0.2) is 11.4 Å². The molecule has 0 saturated heterocycles. The zero-order chi connectivity index (χ0) is 18.7. The van der Waals surface area contributed by atoms with Gasteiger partial charge in [0.1, 0.15) is 6.10 Å². The van der Waals surface area contributed by atoms with Gasteiger partial charge in [0, 0.05) is 23.4 Å². The second-order valence-corrected chi connectivity index (χ2v) is 8.03. The number of ether oxygens (including phenoxy) is 1. The van der Waals surface area contributed by atoms with E-state index in [0.717, 1.165) is 19.3 Å². The van der Waals surface area contributed by atoms with Crippen LogP contribution in [0.5, 0.6) is 0 Å². The third kappa shape index (κ3) is 4.36. The van der Waals surface area contributed by atoms with E-state index in [1.165, 1.54) is 10.4 Å². The van der Waals surface area contributed by atoms with Crippen molar-refractivity contribution in [2.75, 3.05) is 19.7 Å². The Bertz CT molecular complexity index is 644. The standard InChI is InChI=1S/C18H27N3O4S/c1-3-21(10-16(22)23)13-8-12(9-13)20-18(24)19-11(2)17-14-5-7-26-15(14)4-6-25-17/h5,7,11-13,17H,3-4,6,8-10H2,1-2H3,(H,22,23)(H2,19,20,24). The van der Waals surface area contributed by atoms with Gasteiger partial charge in [0.2, 0.25) is 0 Å². The molecule has 26 heavy (non-hydrogen) atoms. The summed E-state index contributed by atoms with van der Waals surface area (Å²) in [5.74, 6) is -0.810. The topological polar surface area (TPSA) is 90.9 Å². The van der Waals surface area contributed by atoms with E-state index in [0.29, 0.717) is 13.2 Å². The number of carboxylic acid groups (broad SMARTS) is 1. The monoisotopic (exact) mass is 381 g/mol. The van der Waals surface area contributed by atoms with Crippen molar-refractivity contribution in [2.24, 2.45) is 0 Å². The van der Waals surface area contributed by atoms with Crippen molar-refractivity contribution in [2.45, 2.75) is 57.3 Å². The highest BCUT2D eigenvalue weighted by Crippen LogP contribution is 2.33. The van der Waals surface area contributed by atoms with Crippen molar-refractivity contribution < 1.29 is 19.4 Å². The van der Waals surface area contributed by atoms with E-state index < -0.39 is 5.97 Å². The quantitative estimate of drug-likeness (QED) is 0.672. The molecule has 1 aromatic rings. The number of likely N-dealkylation sites (N-methyl/N-ethyl adjacent to an activating group) is 1. The maximum Gasteiger partial charge on any atom is 0.317 e. The van der Waals surface area contributed by atoms with E-state index in [9.17, 15) is 9.59 Å². The molecule has 1 aliphatic carbocycles. The van der Waals surface area contributed by atoms with Gasteiger partial charge in [-0.1, -0.05) is 6.92 Å². The van der Waals surface area contributed by atoms with Gasteiger partial charge < -0.3 is 20.5 Å². The summed E-state index contributed by atoms with van der Waals surface area (Å²) in [7, 11) is 0. The Morgan fingerprint density at radius 3 is 2.92 bits per heavy atom. The molecule has 1 fully saturated rings. The molecule has 7 nitrogen and oxygen atoms in total. The minimum absolute atomic E-state index is 0.0547. The number of aliphatic carboxylic acids is 1. The van der Waals surface area contributed by atoms with E-state index in [4.69, 9.17) is 9.84 Å². The smallest absolute Gasteiger partial charge is 0.317 e. The van der Waals surface area contributed by atoms with Gasteiger partial charge in [-0.3, -0.25) is 9.69 Å². The second kappa shape index (κ2) is 8.37. The summed E-state index contributed by atoms with van der Waals surface area (Å²) in [4.78, 5) is 26.5. The molecule has 3 N–H and O–H groups in total. The average Bonchev–Trinajstić information content (AvgIpc) is 3.04. The molecule has 1 aliphatic heterocycles. The number of hydrogen-bond donors (Lipinski definition) is 3. The number of carboxylic acids is 1. The summed E-state index contributed by atoms with van der Waals surface area (Å²) >= 11 is 1.74. The Morgan fingerprint density at radius 2 is 2.23 bits per heavy atom. The first-order valence-corrected chi connectivity index (χ1v) is 10.1. The molecule has 1 aromatic heterocycles. The van der Waals surface area contributed by atoms with Gasteiger partial charge in [-0.2, -0.15) is 0 Å². The van der Waals surface area contributed by atoms with Gasteiger partial charge in [-0.25, -0.2) is 4.79 Å². The van der Waals surface area contributed by atoms with Gasteiger partial charge >= 0.3 is 12.0 Å². The third-order valence-electron chi connectivity index (χ3n) is 5.24. The fraction of sp³-hybridized carbons (Fsp3) is 0.667. The molecule has 8 heteroatoms. The van der Waals surface area contributed by atoms with Crippen LogP contribution in [0.2, 0.25) is 0 Å². The summed E-state index contributed by atoms with van der Waals surface area (Å²) < 4.78 is 5.87. The first-order chi connectivity index (χ1) is 12.5. The Morgan fingerprint density at radius 1 is 1.46 bits per heavy atom. The van der Waals surface area contributed by atoms with E-state index in [1.807, 2.05) is 18.7 Å². The van der Waals surface area contributed by atoms with Crippen molar-refractivity contribution in [3.63, 3.8) is 0 Å². The first kappa shape index (κ1) is 19.1. The zero-order valence-electron chi connectivity index (χ0n) is 15.2. The van der Waals surface area contributed by atoms with Crippen molar-refractivity contribution >= 4 is 23.3 Å². The number of carbonyl (C=O) groups excluding carboxylic acids is 1. The molecule has 144 valence electrons.